The van der Waals surface area contributed by atoms with E-state index < -0.39 is 0 Å². The Bertz CT molecular complexity index is 776. The van der Waals surface area contributed by atoms with Gasteiger partial charge in [0.25, 0.3) is 0 Å². The molecule has 0 unspecified atom stereocenters. The van der Waals surface area contributed by atoms with Crippen LogP contribution in [0.1, 0.15) is 11.1 Å². The fourth-order valence-electron chi connectivity index (χ4n) is 2.43. The van der Waals surface area contributed by atoms with E-state index in [-0.39, 0.29) is 0 Å². The Balaban J connectivity index is 1.88. The van der Waals surface area contributed by atoms with Crippen LogP contribution in [0.5, 0.6) is 0 Å². The summed E-state index contributed by atoms with van der Waals surface area (Å²) >= 11 is 0. The van der Waals surface area contributed by atoms with Gasteiger partial charge in [0.15, 0.2) is 11.5 Å². The molecule has 0 radical (unpaired) electrons. The van der Waals surface area contributed by atoms with Crippen LogP contribution in [0.4, 0.5) is 5.82 Å². The van der Waals surface area contributed by atoms with Crippen LogP contribution in [0.15, 0.2) is 24.5 Å². The van der Waals surface area contributed by atoms with Gasteiger partial charge in [0, 0.05) is 18.7 Å². The summed E-state index contributed by atoms with van der Waals surface area (Å²) in [5, 5.41) is 3.33. The van der Waals surface area contributed by atoms with Crippen LogP contribution in [-0.4, -0.2) is 19.9 Å². The van der Waals surface area contributed by atoms with Crippen molar-refractivity contribution in [1.82, 2.24) is 25.3 Å². The molecular formula is C13H12N6. The van der Waals surface area contributed by atoms with Gasteiger partial charge in [-0.05, 0) is 17.2 Å². The highest BCUT2D eigenvalue weighted by atomic mass is 15.0. The zero-order valence-electron chi connectivity index (χ0n) is 10.1. The van der Waals surface area contributed by atoms with Gasteiger partial charge in [-0.15, -0.1) is 0 Å². The minimum atomic E-state index is 0.423. The number of aromatic nitrogens is 4. The molecular weight excluding hydrogens is 240 g/mol. The Hall–Kier alpha value is -2.47. The molecule has 3 heterocycles. The van der Waals surface area contributed by atoms with E-state index >= 15 is 0 Å². The smallest absolute Gasteiger partial charge is 0.183 e. The number of rotatable bonds is 1. The first-order chi connectivity index (χ1) is 9.31. The molecule has 0 fully saturated rings. The minimum Gasteiger partial charge on any atom is -0.382 e. The van der Waals surface area contributed by atoms with Gasteiger partial charge in [0.2, 0.25) is 0 Å². The number of hydrogen-bond donors (Lipinski definition) is 3. The molecule has 0 amide bonds. The van der Waals surface area contributed by atoms with E-state index in [1.807, 2.05) is 0 Å². The molecule has 1 aromatic carbocycles. The quantitative estimate of drug-likeness (QED) is 0.605. The van der Waals surface area contributed by atoms with E-state index in [1.54, 1.807) is 0 Å². The third-order valence-corrected chi connectivity index (χ3v) is 3.43. The molecule has 1 aliphatic rings. The van der Waals surface area contributed by atoms with Gasteiger partial charge >= 0.3 is 0 Å². The number of nitrogen functional groups attached to an aromatic ring is 1. The predicted octanol–water partition coefficient (Wildman–Crippen LogP) is 1.21. The molecule has 19 heavy (non-hydrogen) atoms. The number of nitrogens with two attached hydrogens (primary N) is 1. The van der Waals surface area contributed by atoms with Gasteiger partial charge in [-0.25, -0.2) is 15.0 Å². The van der Waals surface area contributed by atoms with Crippen LogP contribution in [0.3, 0.4) is 0 Å². The first-order valence-corrected chi connectivity index (χ1v) is 6.10. The average molecular weight is 252 g/mol. The molecule has 0 aliphatic carbocycles. The third-order valence-electron chi connectivity index (χ3n) is 3.43. The fourth-order valence-corrected chi connectivity index (χ4v) is 2.43. The van der Waals surface area contributed by atoms with E-state index in [4.69, 9.17) is 5.73 Å². The van der Waals surface area contributed by atoms with Gasteiger partial charge in [0.05, 0.1) is 0 Å². The van der Waals surface area contributed by atoms with Gasteiger partial charge in [-0.3, -0.25) is 0 Å². The van der Waals surface area contributed by atoms with Crippen molar-refractivity contribution >= 4 is 17.0 Å². The molecule has 4 N–H and O–H groups in total. The zero-order valence-corrected chi connectivity index (χ0v) is 10.1. The highest BCUT2D eigenvalue weighted by Gasteiger charge is 2.13. The summed E-state index contributed by atoms with van der Waals surface area (Å²) in [6.07, 6.45) is 1.43. The van der Waals surface area contributed by atoms with Crippen molar-refractivity contribution in [2.45, 2.75) is 13.1 Å². The van der Waals surface area contributed by atoms with Gasteiger partial charge in [-0.1, -0.05) is 12.1 Å². The predicted molar refractivity (Wildman–Crippen MR) is 72.1 cm³/mol. The van der Waals surface area contributed by atoms with Crippen molar-refractivity contribution in [2.24, 2.45) is 0 Å². The summed E-state index contributed by atoms with van der Waals surface area (Å²) in [5.41, 5.74) is 10.8. The Labute approximate surface area is 109 Å². The molecule has 0 spiro atoms. The van der Waals surface area contributed by atoms with Crippen molar-refractivity contribution in [3.8, 4) is 11.4 Å². The first kappa shape index (κ1) is 10.5. The maximum Gasteiger partial charge on any atom is 0.183 e. The van der Waals surface area contributed by atoms with Gasteiger partial charge < -0.3 is 16.0 Å². The Morgan fingerprint density at radius 3 is 2.89 bits per heavy atom. The number of nitrogens with one attached hydrogen (secondary N) is 2. The van der Waals surface area contributed by atoms with E-state index in [0.29, 0.717) is 17.0 Å². The molecule has 6 nitrogen and oxygen atoms in total. The second-order valence-corrected chi connectivity index (χ2v) is 4.63. The number of hydrogen-bond acceptors (Lipinski definition) is 5. The van der Waals surface area contributed by atoms with Crippen LogP contribution >= 0.6 is 0 Å². The number of nitrogens with zero attached hydrogens (tertiary/aromatic N) is 3. The lowest BCUT2D eigenvalue weighted by atomic mass is 10.1. The monoisotopic (exact) mass is 252 g/mol. The summed E-state index contributed by atoms with van der Waals surface area (Å²) in [7, 11) is 0. The third kappa shape index (κ3) is 1.57. The number of fused-ring (bicyclic) bond motifs is 2. The van der Waals surface area contributed by atoms with E-state index in [1.165, 1.54) is 17.5 Å². The summed E-state index contributed by atoms with van der Waals surface area (Å²) in [6, 6.07) is 6.34. The molecule has 0 atom stereocenters. The second-order valence-electron chi connectivity index (χ2n) is 4.63. The molecule has 94 valence electrons. The van der Waals surface area contributed by atoms with Gasteiger partial charge in [0.1, 0.15) is 17.7 Å². The molecule has 1 aliphatic heterocycles. The minimum absolute atomic E-state index is 0.423. The lowest BCUT2D eigenvalue weighted by molar-refractivity contribution is 0.765. The summed E-state index contributed by atoms with van der Waals surface area (Å²) in [5.74, 6) is 1.20. The van der Waals surface area contributed by atoms with Crippen LogP contribution in [0.2, 0.25) is 0 Å². The Kier molecular flexibility index (Phi) is 2.07. The summed E-state index contributed by atoms with van der Waals surface area (Å²) in [6.45, 7) is 1.85. The SMILES string of the molecule is Nc1ncnc2nc(-c3ccc4c(c3)CNC4)[nH]c12. The largest absolute Gasteiger partial charge is 0.382 e. The first-order valence-electron chi connectivity index (χ1n) is 6.10. The standard InChI is InChI=1S/C13H12N6/c14-11-10-13(17-6-16-11)19-12(18-10)7-1-2-8-4-15-5-9(8)3-7/h1-3,6,15H,4-5H2,(H3,14,16,17,18,19). The average Bonchev–Trinajstić information content (AvgIpc) is 3.04. The van der Waals surface area contributed by atoms with Crippen LogP contribution in [0.25, 0.3) is 22.6 Å². The highest BCUT2D eigenvalue weighted by Crippen LogP contribution is 2.25. The van der Waals surface area contributed by atoms with Crippen LogP contribution in [-0.2, 0) is 13.1 Å². The molecule has 6 heteroatoms. The number of aromatic amines is 1. The lowest BCUT2D eigenvalue weighted by Crippen LogP contribution is -1.99. The maximum atomic E-state index is 5.81. The Morgan fingerprint density at radius 2 is 2.00 bits per heavy atom. The molecule has 0 saturated carbocycles. The molecule has 3 aromatic rings. The fraction of sp³-hybridized carbons (Fsp3) is 0.154. The maximum absolute atomic E-state index is 5.81. The summed E-state index contributed by atoms with van der Waals surface area (Å²) in [4.78, 5) is 15.7. The normalized spacial score (nSPS) is 13.9. The van der Waals surface area contributed by atoms with Crippen molar-refractivity contribution in [3.63, 3.8) is 0 Å². The van der Waals surface area contributed by atoms with Crippen molar-refractivity contribution in [1.29, 1.82) is 0 Å². The summed E-state index contributed by atoms with van der Waals surface area (Å²) < 4.78 is 0. The zero-order chi connectivity index (χ0) is 12.8. The number of anilines is 1. The number of H-pyrrole nitrogens is 1. The van der Waals surface area contributed by atoms with Crippen molar-refractivity contribution < 1.29 is 0 Å². The number of imidazole rings is 1. The van der Waals surface area contributed by atoms with E-state index in [0.717, 1.165) is 24.5 Å². The molecule has 4 rings (SSSR count). The van der Waals surface area contributed by atoms with Crippen LogP contribution in [0, 0.1) is 0 Å². The van der Waals surface area contributed by atoms with Gasteiger partial charge in [-0.2, -0.15) is 0 Å². The van der Waals surface area contributed by atoms with E-state index in [9.17, 15) is 0 Å². The van der Waals surface area contributed by atoms with E-state index in [2.05, 4.69) is 43.5 Å². The molecule has 2 aromatic heterocycles. The van der Waals surface area contributed by atoms with Crippen molar-refractivity contribution in [3.05, 3.63) is 35.7 Å². The second kappa shape index (κ2) is 3.76. The lowest BCUT2D eigenvalue weighted by Gasteiger charge is -2.01. The molecule has 0 saturated heterocycles. The highest BCUT2D eigenvalue weighted by molar-refractivity contribution is 5.84. The Morgan fingerprint density at radius 1 is 1.11 bits per heavy atom. The topological polar surface area (TPSA) is 92.5 Å². The number of benzene rings is 1. The molecule has 0 bridgehead atoms. The van der Waals surface area contributed by atoms with Crippen molar-refractivity contribution in [2.75, 3.05) is 5.73 Å². The van der Waals surface area contributed by atoms with Crippen LogP contribution < -0.4 is 11.1 Å².